The van der Waals surface area contributed by atoms with Crippen LogP contribution in [0.5, 0.6) is 0 Å². The number of aliphatic carboxylic acids is 1. The molecule has 2 amide bonds. The van der Waals surface area contributed by atoms with Crippen LogP contribution in [0.4, 0.5) is 0 Å². The SMILES string of the molecule is O=C(O)CCNC(=O)C1CSCN1C(=O)C1CCCC1. The molecule has 2 aliphatic rings. The third-order valence-electron chi connectivity index (χ3n) is 3.81. The van der Waals surface area contributed by atoms with E-state index in [0.717, 1.165) is 25.7 Å². The van der Waals surface area contributed by atoms with Gasteiger partial charge in [-0.1, -0.05) is 12.8 Å². The van der Waals surface area contributed by atoms with E-state index < -0.39 is 12.0 Å². The number of nitrogens with one attached hydrogen (secondary N) is 1. The second-order valence-corrected chi connectivity index (χ2v) is 6.24. The highest BCUT2D eigenvalue weighted by Gasteiger charge is 2.38. The molecule has 1 aliphatic heterocycles. The van der Waals surface area contributed by atoms with Gasteiger partial charge in [-0.3, -0.25) is 14.4 Å². The molecule has 0 aromatic carbocycles. The van der Waals surface area contributed by atoms with Gasteiger partial charge in [0.05, 0.1) is 12.3 Å². The molecule has 0 aromatic heterocycles. The number of nitrogens with zero attached hydrogens (tertiary/aromatic N) is 1. The van der Waals surface area contributed by atoms with Gasteiger partial charge in [0.25, 0.3) is 0 Å². The van der Waals surface area contributed by atoms with Crippen LogP contribution in [0.15, 0.2) is 0 Å². The lowest BCUT2D eigenvalue weighted by Crippen LogP contribution is -2.49. The highest BCUT2D eigenvalue weighted by atomic mass is 32.2. The maximum absolute atomic E-state index is 12.4. The Morgan fingerprint density at radius 2 is 1.95 bits per heavy atom. The van der Waals surface area contributed by atoms with Crippen molar-refractivity contribution in [2.75, 3.05) is 18.2 Å². The van der Waals surface area contributed by atoms with Crippen molar-refractivity contribution in [2.24, 2.45) is 5.92 Å². The average Bonchev–Trinajstić information content (AvgIpc) is 3.08. The largest absolute Gasteiger partial charge is 0.481 e. The number of carbonyl (C=O) groups is 3. The monoisotopic (exact) mass is 300 g/mol. The molecule has 20 heavy (non-hydrogen) atoms. The molecule has 1 heterocycles. The van der Waals surface area contributed by atoms with Crippen LogP contribution in [-0.2, 0) is 14.4 Å². The van der Waals surface area contributed by atoms with Gasteiger partial charge in [0.1, 0.15) is 6.04 Å². The van der Waals surface area contributed by atoms with E-state index in [4.69, 9.17) is 5.11 Å². The Balaban J connectivity index is 1.87. The Morgan fingerprint density at radius 3 is 2.60 bits per heavy atom. The van der Waals surface area contributed by atoms with Gasteiger partial charge in [0.15, 0.2) is 0 Å². The molecule has 0 bridgehead atoms. The summed E-state index contributed by atoms with van der Waals surface area (Å²) in [5.41, 5.74) is 0. The Kier molecular flexibility index (Phi) is 5.28. The van der Waals surface area contributed by atoms with Crippen LogP contribution in [0, 0.1) is 5.92 Å². The molecule has 2 fully saturated rings. The van der Waals surface area contributed by atoms with Gasteiger partial charge < -0.3 is 15.3 Å². The minimum absolute atomic E-state index is 0.0722. The van der Waals surface area contributed by atoms with Crippen LogP contribution in [0.3, 0.4) is 0 Å². The lowest BCUT2D eigenvalue weighted by atomic mass is 10.1. The van der Waals surface area contributed by atoms with Gasteiger partial charge >= 0.3 is 5.97 Å². The van der Waals surface area contributed by atoms with Crippen molar-refractivity contribution in [1.29, 1.82) is 0 Å². The summed E-state index contributed by atoms with van der Waals surface area (Å²) in [7, 11) is 0. The van der Waals surface area contributed by atoms with Crippen molar-refractivity contribution in [3.8, 4) is 0 Å². The number of carboxylic acids is 1. The maximum Gasteiger partial charge on any atom is 0.305 e. The van der Waals surface area contributed by atoms with E-state index in [1.165, 1.54) is 0 Å². The fourth-order valence-corrected chi connectivity index (χ4v) is 3.86. The first-order valence-corrected chi connectivity index (χ1v) is 8.13. The molecule has 112 valence electrons. The number of hydrogen-bond acceptors (Lipinski definition) is 4. The number of thioether (sulfide) groups is 1. The van der Waals surface area contributed by atoms with Crippen molar-refractivity contribution in [3.05, 3.63) is 0 Å². The molecule has 0 radical (unpaired) electrons. The molecule has 0 aromatic rings. The molecule has 2 N–H and O–H groups in total. The van der Waals surface area contributed by atoms with E-state index in [0.29, 0.717) is 11.6 Å². The van der Waals surface area contributed by atoms with Crippen LogP contribution in [0.1, 0.15) is 32.1 Å². The highest BCUT2D eigenvalue weighted by molar-refractivity contribution is 7.99. The Labute approximate surface area is 122 Å². The number of carbonyl (C=O) groups excluding carboxylic acids is 2. The summed E-state index contributed by atoms with van der Waals surface area (Å²) in [6.45, 7) is 0.112. The molecule has 1 atom stereocenters. The van der Waals surface area contributed by atoms with Crippen molar-refractivity contribution in [3.63, 3.8) is 0 Å². The summed E-state index contributed by atoms with van der Waals surface area (Å²) in [4.78, 5) is 36.5. The third-order valence-corrected chi connectivity index (χ3v) is 4.82. The van der Waals surface area contributed by atoms with Crippen LogP contribution in [0.2, 0.25) is 0 Å². The number of amides is 2. The van der Waals surface area contributed by atoms with Crippen LogP contribution >= 0.6 is 11.8 Å². The predicted molar refractivity (Wildman–Crippen MR) is 75.2 cm³/mol. The first kappa shape index (κ1) is 15.2. The average molecular weight is 300 g/mol. The smallest absolute Gasteiger partial charge is 0.305 e. The van der Waals surface area contributed by atoms with Gasteiger partial charge in [-0.25, -0.2) is 0 Å². The Bertz CT molecular complexity index is 396. The van der Waals surface area contributed by atoms with Crippen molar-refractivity contribution < 1.29 is 19.5 Å². The Hall–Kier alpha value is -1.24. The summed E-state index contributed by atoms with van der Waals surface area (Å²) in [6.07, 6.45) is 3.93. The zero-order valence-electron chi connectivity index (χ0n) is 11.3. The fourth-order valence-electron chi connectivity index (χ4n) is 2.69. The van der Waals surface area contributed by atoms with E-state index in [1.807, 2.05) is 0 Å². The molecule has 1 saturated heterocycles. The number of carboxylic acid groups (broad SMARTS) is 1. The maximum atomic E-state index is 12.4. The highest BCUT2D eigenvalue weighted by Crippen LogP contribution is 2.30. The van der Waals surface area contributed by atoms with Gasteiger partial charge in [-0.2, -0.15) is 0 Å². The van der Waals surface area contributed by atoms with Crippen LogP contribution in [0.25, 0.3) is 0 Å². The van der Waals surface area contributed by atoms with Crippen molar-refractivity contribution >= 4 is 29.5 Å². The van der Waals surface area contributed by atoms with Gasteiger partial charge in [-0.15, -0.1) is 11.8 Å². The molecule has 1 aliphatic carbocycles. The second kappa shape index (κ2) is 6.97. The minimum atomic E-state index is -0.940. The standard InChI is InChI=1S/C13H20N2O4S/c16-11(17)5-6-14-12(18)10-7-20-8-15(10)13(19)9-3-1-2-4-9/h9-10H,1-8H2,(H,14,18)(H,16,17). The molecule has 2 rings (SSSR count). The van der Waals surface area contributed by atoms with E-state index in [9.17, 15) is 14.4 Å². The van der Waals surface area contributed by atoms with E-state index in [2.05, 4.69) is 5.32 Å². The Morgan fingerprint density at radius 1 is 1.25 bits per heavy atom. The molecular weight excluding hydrogens is 280 g/mol. The summed E-state index contributed by atoms with van der Waals surface area (Å²) in [6, 6.07) is -0.443. The zero-order chi connectivity index (χ0) is 14.5. The molecule has 1 saturated carbocycles. The lowest BCUT2D eigenvalue weighted by molar-refractivity contribution is -0.141. The van der Waals surface area contributed by atoms with E-state index in [1.54, 1.807) is 16.7 Å². The van der Waals surface area contributed by atoms with E-state index >= 15 is 0 Å². The topological polar surface area (TPSA) is 86.7 Å². The molecule has 6 nitrogen and oxygen atoms in total. The normalized spacial score (nSPS) is 23.0. The number of hydrogen-bond donors (Lipinski definition) is 2. The number of rotatable bonds is 5. The quantitative estimate of drug-likeness (QED) is 0.779. The van der Waals surface area contributed by atoms with E-state index in [-0.39, 0.29) is 30.7 Å². The lowest BCUT2D eigenvalue weighted by Gasteiger charge is -2.25. The van der Waals surface area contributed by atoms with Crippen LogP contribution in [-0.4, -0.2) is 52.0 Å². The fraction of sp³-hybridized carbons (Fsp3) is 0.769. The zero-order valence-corrected chi connectivity index (χ0v) is 12.2. The predicted octanol–water partition coefficient (Wildman–Crippen LogP) is 0.669. The molecule has 0 spiro atoms. The summed E-state index contributed by atoms with van der Waals surface area (Å²) in [5, 5.41) is 11.2. The molecule has 1 unspecified atom stereocenters. The molecular formula is C13H20N2O4S. The molecule has 7 heteroatoms. The minimum Gasteiger partial charge on any atom is -0.481 e. The summed E-state index contributed by atoms with van der Waals surface area (Å²) in [5.74, 6) is 0.144. The first-order chi connectivity index (χ1) is 9.59. The first-order valence-electron chi connectivity index (χ1n) is 6.97. The third kappa shape index (κ3) is 3.65. The van der Waals surface area contributed by atoms with Crippen LogP contribution < -0.4 is 5.32 Å². The van der Waals surface area contributed by atoms with Gasteiger partial charge in [-0.05, 0) is 12.8 Å². The van der Waals surface area contributed by atoms with Crippen molar-refractivity contribution in [1.82, 2.24) is 10.2 Å². The van der Waals surface area contributed by atoms with Gasteiger partial charge in [0, 0.05) is 18.2 Å². The van der Waals surface area contributed by atoms with Crippen molar-refractivity contribution in [2.45, 2.75) is 38.1 Å². The second-order valence-electron chi connectivity index (χ2n) is 5.24. The van der Waals surface area contributed by atoms with Gasteiger partial charge in [0.2, 0.25) is 11.8 Å². The summed E-state index contributed by atoms with van der Waals surface area (Å²) >= 11 is 1.57. The summed E-state index contributed by atoms with van der Waals surface area (Å²) < 4.78 is 0.